The fourth-order valence-electron chi connectivity index (χ4n) is 1.84. The number of rotatable bonds is 3. The standard InChI is InChI=1S/C16H14O3/c1-11-6-5-7-13(10-11)16(18)14-8-3-4-9-15(14)19-12(2)17/h3-10H,1-2H3. The minimum Gasteiger partial charge on any atom is -0.426 e. The van der Waals surface area contributed by atoms with Gasteiger partial charge in [-0.2, -0.15) is 0 Å². The Morgan fingerprint density at radius 1 is 1.00 bits per heavy atom. The van der Waals surface area contributed by atoms with Gasteiger partial charge in [-0.25, -0.2) is 0 Å². The van der Waals surface area contributed by atoms with Crippen LogP contribution in [0.25, 0.3) is 0 Å². The van der Waals surface area contributed by atoms with E-state index in [9.17, 15) is 9.59 Å². The highest BCUT2D eigenvalue weighted by Gasteiger charge is 2.15. The molecule has 3 heteroatoms. The van der Waals surface area contributed by atoms with E-state index in [1.807, 2.05) is 25.1 Å². The minimum atomic E-state index is -0.440. The van der Waals surface area contributed by atoms with E-state index >= 15 is 0 Å². The molecule has 0 radical (unpaired) electrons. The number of carbonyl (C=O) groups excluding carboxylic acids is 2. The van der Waals surface area contributed by atoms with Crippen molar-refractivity contribution in [1.29, 1.82) is 0 Å². The third kappa shape index (κ3) is 3.07. The van der Waals surface area contributed by atoms with Crippen molar-refractivity contribution in [2.45, 2.75) is 13.8 Å². The van der Waals surface area contributed by atoms with Crippen molar-refractivity contribution in [3.63, 3.8) is 0 Å². The summed E-state index contributed by atoms with van der Waals surface area (Å²) in [7, 11) is 0. The Morgan fingerprint density at radius 2 is 1.74 bits per heavy atom. The highest BCUT2D eigenvalue weighted by atomic mass is 16.5. The molecule has 2 aromatic rings. The van der Waals surface area contributed by atoms with Gasteiger partial charge in [-0.05, 0) is 25.1 Å². The van der Waals surface area contributed by atoms with Gasteiger partial charge in [-0.3, -0.25) is 9.59 Å². The van der Waals surface area contributed by atoms with Gasteiger partial charge in [0, 0.05) is 12.5 Å². The van der Waals surface area contributed by atoms with Crippen molar-refractivity contribution in [1.82, 2.24) is 0 Å². The summed E-state index contributed by atoms with van der Waals surface area (Å²) in [5.41, 5.74) is 1.98. The number of benzene rings is 2. The van der Waals surface area contributed by atoms with Crippen molar-refractivity contribution in [2.24, 2.45) is 0 Å². The first-order chi connectivity index (χ1) is 9.08. The Labute approximate surface area is 111 Å². The Hall–Kier alpha value is -2.42. The second kappa shape index (κ2) is 5.48. The number of aryl methyl sites for hydroxylation is 1. The van der Waals surface area contributed by atoms with Crippen molar-refractivity contribution in [3.8, 4) is 5.75 Å². The molecule has 2 aromatic carbocycles. The summed E-state index contributed by atoms with van der Waals surface area (Å²) in [6, 6.07) is 14.1. The van der Waals surface area contributed by atoms with Crippen LogP contribution >= 0.6 is 0 Å². The average Bonchev–Trinajstić information content (AvgIpc) is 2.38. The molecule has 0 aliphatic carbocycles. The minimum absolute atomic E-state index is 0.152. The Kier molecular flexibility index (Phi) is 3.76. The van der Waals surface area contributed by atoms with Crippen molar-refractivity contribution >= 4 is 11.8 Å². The first-order valence-electron chi connectivity index (χ1n) is 5.97. The molecule has 96 valence electrons. The zero-order valence-electron chi connectivity index (χ0n) is 10.8. The lowest BCUT2D eigenvalue weighted by atomic mass is 10.0. The molecule has 0 atom stereocenters. The van der Waals surface area contributed by atoms with Crippen LogP contribution in [-0.2, 0) is 4.79 Å². The Morgan fingerprint density at radius 3 is 2.42 bits per heavy atom. The Balaban J connectivity index is 2.41. The number of para-hydroxylation sites is 1. The van der Waals surface area contributed by atoms with Crippen LogP contribution in [0.2, 0.25) is 0 Å². The maximum absolute atomic E-state index is 12.4. The first-order valence-corrected chi connectivity index (χ1v) is 5.97. The van der Waals surface area contributed by atoms with Crippen molar-refractivity contribution < 1.29 is 14.3 Å². The van der Waals surface area contributed by atoms with Gasteiger partial charge in [0.25, 0.3) is 0 Å². The van der Waals surface area contributed by atoms with Crippen LogP contribution in [0.1, 0.15) is 28.4 Å². The van der Waals surface area contributed by atoms with E-state index in [-0.39, 0.29) is 5.78 Å². The highest BCUT2D eigenvalue weighted by Crippen LogP contribution is 2.22. The number of ketones is 1. The quantitative estimate of drug-likeness (QED) is 0.480. The lowest BCUT2D eigenvalue weighted by Crippen LogP contribution is -2.08. The monoisotopic (exact) mass is 254 g/mol. The summed E-state index contributed by atoms with van der Waals surface area (Å²) in [5.74, 6) is -0.299. The summed E-state index contributed by atoms with van der Waals surface area (Å²) < 4.78 is 5.06. The first kappa shape index (κ1) is 13.0. The van der Waals surface area contributed by atoms with Crippen LogP contribution in [0, 0.1) is 6.92 Å². The van der Waals surface area contributed by atoms with Gasteiger partial charge in [0.15, 0.2) is 5.78 Å². The van der Waals surface area contributed by atoms with Gasteiger partial charge in [-0.15, -0.1) is 0 Å². The lowest BCUT2D eigenvalue weighted by Gasteiger charge is -2.08. The van der Waals surface area contributed by atoms with E-state index in [1.54, 1.807) is 30.3 Å². The average molecular weight is 254 g/mol. The van der Waals surface area contributed by atoms with Crippen LogP contribution in [0.15, 0.2) is 48.5 Å². The fourth-order valence-corrected chi connectivity index (χ4v) is 1.84. The number of ether oxygens (including phenoxy) is 1. The molecule has 0 saturated carbocycles. The van der Waals surface area contributed by atoms with Gasteiger partial charge in [0.1, 0.15) is 5.75 Å². The number of hydrogen-bond donors (Lipinski definition) is 0. The second-order valence-corrected chi connectivity index (χ2v) is 4.29. The molecule has 19 heavy (non-hydrogen) atoms. The maximum atomic E-state index is 12.4. The van der Waals surface area contributed by atoms with Crippen LogP contribution in [0.5, 0.6) is 5.75 Å². The summed E-state index contributed by atoms with van der Waals surface area (Å²) in [6.45, 7) is 3.24. The number of esters is 1. The molecule has 0 bridgehead atoms. The molecule has 0 aromatic heterocycles. The van der Waals surface area contributed by atoms with Crippen LogP contribution < -0.4 is 4.74 Å². The third-order valence-electron chi connectivity index (χ3n) is 2.67. The molecule has 0 unspecified atom stereocenters. The van der Waals surface area contributed by atoms with Gasteiger partial charge in [-0.1, -0.05) is 35.9 Å². The smallest absolute Gasteiger partial charge is 0.308 e. The van der Waals surface area contributed by atoms with Gasteiger partial charge < -0.3 is 4.74 Å². The summed E-state index contributed by atoms with van der Waals surface area (Å²) in [5, 5.41) is 0. The second-order valence-electron chi connectivity index (χ2n) is 4.29. The van der Waals surface area contributed by atoms with E-state index in [2.05, 4.69) is 0 Å². The van der Waals surface area contributed by atoms with E-state index in [1.165, 1.54) is 6.92 Å². The predicted molar refractivity (Wildman–Crippen MR) is 72.4 cm³/mol. The molecule has 0 fully saturated rings. The lowest BCUT2D eigenvalue weighted by molar-refractivity contribution is -0.131. The largest absolute Gasteiger partial charge is 0.426 e. The molecule has 0 aliphatic heterocycles. The van der Waals surface area contributed by atoms with Crippen LogP contribution in [0.3, 0.4) is 0 Å². The number of hydrogen-bond acceptors (Lipinski definition) is 3. The molecule has 0 aliphatic rings. The third-order valence-corrected chi connectivity index (χ3v) is 2.67. The SMILES string of the molecule is CC(=O)Oc1ccccc1C(=O)c1cccc(C)c1. The van der Waals surface area contributed by atoms with Crippen molar-refractivity contribution in [3.05, 3.63) is 65.2 Å². The van der Waals surface area contributed by atoms with Crippen LogP contribution in [-0.4, -0.2) is 11.8 Å². The summed E-state index contributed by atoms with van der Waals surface area (Å²) in [4.78, 5) is 23.5. The maximum Gasteiger partial charge on any atom is 0.308 e. The van der Waals surface area contributed by atoms with Gasteiger partial charge in [0.05, 0.1) is 5.56 Å². The zero-order chi connectivity index (χ0) is 13.8. The molecule has 0 N–H and O–H groups in total. The summed E-state index contributed by atoms with van der Waals surface area (Å²) in [6.07, 6.45) is 0. The predicted octanol–water partition coefficient (Wildman–Crippen LogP) is 3.15. The van der Waals surface area contributed by atoms with E-state index < -0.39 is 5.97 Å². The van der Waals surface area contributed by atoms with Gasteiger partial charge in [0.2, 0.25) is 0 Å². The normalized spacial score (nSPS) is 10.0. The molecule has 0 heterocycles. The fraction of sp³-hybridized carbons (Fsp3) is 0.125. The highest BCUT2D eigenvalue weighted by molar-refractivity contribution is 6.11. The molecule has 2 rings (SSSR count). The zero-order valence-corrected chi connectivity index (χ0v) is 10.8. The molecule has 0 spiro atoms. The topological polar surface area (TPSA) is 43.4 Å². The molecule has 0 saturated heterocycles. The van der Waals surface area contributed by atoms with E-state index in [4.69, 9.17) is 4.74 Å². The van der Waals surface area contributed by atoms with Crippen molar-refractivity contribution in [2.75, 3.05) is 0 Å². The van der Waals surface area contributed by atoms with Crippen LogP contribution in [0.4, 0.5) is 0 Å². The molecule has 0 amide bonds. The van der Waals surface area contributed by atoms with Gasteiger partial charge >= 0.3 is 5.97 Å². The summed E-state index contributed by atoms with van der Waals surface area (Å²) >= 11 is 0. The molecule has 3 nitrogen and oxygen atoms in total. The number of carbonyl (C=O) groups is 2. The Bertz CT molecular complexity index is 629. The van der Waals surface area contributed by atoms with E-state index in [0.29, 0.717) is 16.9 Å². The molecular formula is C16H14O3. The molecular weight excluding hydrogens is 240 g/mol. The van der Waals surface area contributed by atoms with E-state index in [0.717, 1.165) is 5.56 Å².